The largest absolute Gasteiger partial charge is 0.478 e. The number of alkyl halides is 3. The van der Waals surface area contributed by atoms with Gasteiger partial charge in [0.1, 0.15) is 0 Å². The quantitative estimate of drug-likeness (QED) is 0.404. The van der Waals surface area contributed by atoms with Crippen molar-refractivity contribution in [2.45, 2.75) is 11.1 Å². The van der Waals surface area contributed by atoms with Gasteiger partial charge in [-0.05, 0) is 48.0 Å². The van der Waals surface area contributed by atoms with Gasteiger partial charge >= 0.3 is 12.1 Å². The number of sulfone groups is 1. The van der Waals surface area contributed by atoms with Gasteiger partial charge in [0.2, 0.25) is 0 Å². The number of halogens is 3. The van der Waals surface area contributed by atoms with Gasteiger partial charge in [0, 0.05) is 11.1 Å². The highest BCUT2D eigenvalue weighted by atomic mass is 32.2. The standard InChI is InChI=1S/C22H15F3N2O4S2/c1-33(30,31)14-6-4-5-13(11-14)18-9-10-19(32-18)17-12-20(22(23,24)25)26-27(17)16-8-3-2-7-15(16)21(28)29/h2-12H,1H3,(H,28,29). The Morgan fingerprint density at radius 2 is 1.70 bits per heavy atom. The second-order valence-corrected chi connectivity index (χ2v) is 10.2. The van der Waals surface area contributed by atoms with Crippen LogP contribution in [0, 0.1) is 0 Å². The maximum atomic E-state index is 13.5. The van der Waals surface area contributed by atoms with E-state index in [2.05, 4.69) is 5.10 Å². The number of para-hydroxylation sites is 1. The van der Waals surface area contributed by atoms with Gasteiger partial charge < -0.3 is 5.11 Å². The number of hydrogen-bond acceptors (Lipinski definition) is 5. The average Bonchev–Trinajstić information content (AvgIpc) is 3.40. The van der Waals surface area contributed by atoms with Crippen molar-refractivity contribution in [1.82, 2.24) is 9.78 Å². The Morgan fingerprint density at radius 3 is 2.36 bits per heavy atom. The van der Waals surface area contributed by atoms with Crippen LogP contribution >= 0.6 is 11.3 Å². The normalized spacial score (nSPS) is 12.1. The Hall–Kier alpha value is -3.44. The third-order valence-electron chi connectivity index (χ3n) is 4.77. The topological polar surface area (TPSA) is 89.3 Å². The monoisotopic (exact) mass is 492 g/mol. The molecule has 4 rings (SSSR count). The van der Waals surface area contributed by atoms with E-state index in [1.165, 1.54) is 36.4 Å². The molecule has 0 aliphatic rings. The summed E-state index contributed by atoms with van der Waals surface area (Å²) < 4.78 is 65.1. The van der Waals surface area contributed by atoms with Crippen molar-refractivity contribution >= 4 is 27.1 Å². The number of nitrogens with zero attached hydrogens (tertiary/aromatic N) is 2. The molecule has 11 heteroatoms. The molecule has 6 nitrogen and oxygen atoms in total. The minimum Gasteiger partial charge on any atom is -0.478 e. The van der Waals surface area contributed by atoms with Crippen molar-refractivity contribution in [1.29, 1.82) is 0 Å². The van der Waals surface area contributed by atoms with Gasteiger partial charge in [-0.2, -0.15) is 18.3 Å². The van der Waals surface area contributed by atoms with Crippen LogP contribution in [-0.4, -0.2) is 35.5 Å². The lowest BCUT2D eigenvalue weighted by molar-refractivity contribution is -0.141. The number of carbonyl (C=O) groups is 1. The van der Waals surface area contributed by atoms with E-state index in [1.807, 2.05) is 0 Å². The van der Waals surface area contributed by atoms with Crippen molar-refractivity contribution in [3.63, 3.8) is 0 Å². The lowest BCUT2D eigenvalue weighted by Crippen LogP contribution is -2.10. The Morgan fingerprint density at radius 1 is 1.00 bits per heavy atom. The van der Waals surface area contributed by atoms with Crippen LogP contribution in [0.15, 0.2) is 71.6 Å². The fourth-order valence-corrected chi connectivity index (χ4v) is 4.90. The first kappa shape index (κ1) is 22.7. The number of carboxylic acids is 1. The lowest BCUT2D eigenvalue weighted by atomic mass is 10.1. The molecule has 0 bridgehead atoms. The van der Waals surface area contributed by atoms with Crippen LogP contribution in [0.3, 0.4) is 0 Å². The average molecular weight is 493 g/mol. The molecule has 0 unspecified atom stereocenters. The van der Waals surface area contributed by atoms with Crippen LogP contribution in [0.1, 0.15) is 16.1 Å². The SMILES string of the molecule is CS(=O)(=O)c1cccc(-c2ccc(-c3cc(C(F)(F)F)nn3-c3ccccc3C(=O)O)s2)c1. The summed E-state index contributed by atoms with van der Waals surface area (Å²) in [6, 6.07) is 16.0. The van der Waals surface area contributed by atoms with Crippen LogP contribution in [0.2, 0.25) is 0 Å². The predicted molar refractivity (Wildman–Crippen MR) is 117 cm³/mol. The Kier molecular flexibility index (Phi) is 5.62. The van der Waals surface area contributed by atoms with E-state index < -0.39 is 27.7 Å². The molecule has 2 aromatic heterocycles. The molecule has 170 valence electrons. The molecule has 0 saturated carbocycles. The van der Waals surface area contributed by atoms with Gasteiger partial charge in [0.25, 0.3) is 0 Å². The number of hydrogen-bond donors (Lipinski definition) is 1. The van der Waals surface area contributed by atoms with Gasteiger partial charge in [-0.25, -0.2) is 17.9 Å². The summed E-state index contributed by atoms with van der Waals surface area (Å²) >= 11 is 1.14. The molecule has 0 radical (unpaired) electrons. The molecule has 0 atom stereocenters. The van der Waals surface area contributed by atoms with Crippen LogP contribution in [0.4, 0.5) is 13.2 Å². The number of benzene rings is 2. The lowest BCUT2D eigenvalue weighted by Gasteiger charge is -2.09. The number of aromatic nitrogens is 2. The molecule has 0 aliphatic carbocycles. The first-order valence-electron chi connectivity index (χ1n) is 9.36. The number of thiophene rings is 1. The minimum atomic E-state index is -4.73. The highest BCUT2D eigenvalue weighted by Gasteiger charge is 2.36. The van der Waals surface area contributed by atoms with Crippen molar-refractivity contribution in [3.8, 4) is 26.7 Å². The second-order valence-electron chi connectivity index (χ2n) is 7.11. The second kappa shape index (κ2) is 8.16. The zero-order valence-electron chi connectivity index (χ0n) is 16.9. The first-order chi connectivity index (χ1) is 15.4. The van der Waals surface area contributed by atoms with Gasteiger partial charge in [0.15, 0.2) is 15.5 Å². The molecule has 2 aromatic carbocycles. The molecule has 2 heterocycles. The summed E-state index contributed by atoms with van der Waals surface area (Å²) in [5, 5.41) is 13.1. The summed E-state index contributed by atoms with van der Waals surface area (Å²) in [6.45, 7) is 0. The molecule has 0 spiro atoms. The maximum absolute atomic E-state index is 13.5. The molecule has 0 saturated heterocycles. The van der Waals surface area contributed by atoms with Crippen molar-refractivity contribution < 1.29 is 31.5 Å². The number of rotatable bonds is 5. The number of carboxylic acid groups (broad SMARTS) is 1. The van der Waals surface area contributed by atoms with E-state index >= 15 is 0 Å². The Balaban J connectivity index is 1.87. The van der Waals surface area contributed by atoms with Gasteiger partial charge in [-0.15, -0.1) is 11.3 Å². The first-order valence-corrected chi connectivity index (χ1v) is 12.1. The van der Waals surface area contributed by atoms with Gasteiger partial charge in [-0.1, -0.05) is 24.3 Å². The summed E-state index contributed by atoms with van der Waals surface area (Å²) in [4.78, 5) is 12.8. The zero-order chi connectivity index (χ0) is 24.0. The van der Waals surface area contributed by atoms with Crippen LogP contribution in [0.5, 0.6) is 0 Å². The third kappa shape index (κ3) is 4.55. The summed E-state index contributed by atoms with van der Waals surface area (Å²) in [5.74, 6) is -1.30. The van der Waals surface area contributed by atoms with E-state index in [-0.39, 0.29) is 21.8 Å². The zero-order valence-corrected chi connectivity index (χ0v) is 18.5. The Bertz CT molecular complexity index is 1470. The smallest absolute Gasteiger partial charge is 0.435 e. The number of aromatic carboxylic acids is 1. The molecule has 0 amide bonds. The van der Waals surface area contributed by atoms with E-state index in [9.17, 15) is 31.5 Å². The van der Waals surface area contributed by atoms with Gasteiger partial charge in [-0.3, -0.25) is 0 Å². The predicted octanol–water partition coefficient (Wildman–Crippen LogP) is 5.39. The van der Waals surface area contributed by atoms with Crippen molar-refractivity contribution in [2.75, 3.05) is 6.26 Å². The molecular weight excluding hydrogens is 477 g/mol. The fraction of sp³-hybridized carbons (Fsp3) is 0.0909. The molecule has 33 heavy (non-hydrogen) atoms. The third-order valence-corrected chi connectivity index (χ3v) is 7.03. The highest BCUT2D eigenvalue weighted by Crippen LogP contribution is 2.39. The summed E-state index contributed by atoms with van der Waals surface area (Å²) in [6.07, 6.45) is -3.65. The van der Waals surface area contributed by atoms with E-state index in [1.54, 1.807) is 24.3 Å². The maximum Gasteiger partial charge on any atom is 0.435 e. The van der Waals surface area contributed by atoms with E-state index in [0.717, 1.165) is 28.3 Å². The van der Waals surface area contributed by atoms with Crippen LogP contribution in [-0.2, 0) is 16.0 Å². The molecule has 0 fully saturated rings. The van der Waals surface area contributed by atoms with Gasteiger partial charge in [0.05, 0.1) is 26.7 Å². The van der Waals surface area contributed by atoms with Crippen LogP contribution < -0.4 is 0 Å². The molecule has 1 N–H and O–H groups in total. The summed E-state index contributed by atoms with van der Waals surface area (Å²) in [5.41, 5.74) is -0.724. The summed E-state index contributed by atoms with van der Waals surface area (Å²) in [7, 11) is -3.44. The van der Waals surface area contributed by atoms with Crippen molar-refractivity contribution in [3.05, 3.63) is 78.0 Å². The fourth-order valence-electron chi connectivity index (χ4n) is 3.23. The van der Waals surface area contributed by atoms with Crippen LogP contribution in [0.25, 0.3) is 26.7 Å². The highest BCUT2D eigenvalue weighted by molar-refractivity contribution is 7.90. The molecular formula is C22H15F3N2O4S2. The van der Waals surface area contributed by atoms with E-state index in [0.29, 0.717) is 15.3 Å². The van der Waals surface area contributed by atoms with E-state index in [4.69, 9.17) is 0 Å². The molecule has 4 aromatic rings. The van der Waals surface area contributed by atoms with Crippen molar-refractivity contribution in [2.24, 2.45) is 0 Å². The Labute approximate surface area is 190 Å². The minimum absolute atomic E-state index is 0.00970. The molecule has 0 aliphatic heterocycles.